The maximum Gasteiger partial charge on any atom is 0.264 e. The largest absolute Gasteiger partial charge is 0.385 e. The van der Waals surface area contributed by atoms with Gasteiger partial charge in [0.05, 0.1) is 23.2 Å². The Kier molecular flexibility index (Phi) is 9.89. The van der Waals surface area contributed by atoms with E-state index in [1.54, 1.807) is 64.3 Å². The molecule has 6 heterocycles. The number of alkyl halides is 2. The van der Waals surface area contributed by atoms with Gasteiger partial charge in [-0.25, -0.2) is 8.78 Å². The Morgan fingerprint density at radius 1 is 0.982 bits per heavy atom. The molecule has 16 heteroatoms. The van der Waals surface area contributed by atoms with Gasteiger partial charge in [-0.3, -0.25) is 44.6 Å². The molecular formula is C41H40F2N8O6. The van der Waals surface area contributed by atoms with Crippen LogP contribution in [0.3, 0.4) is 0 Å². The van der Waals surface area contributed by atoms with Crippen molar-refractivity contribution in [3.63, 3.8) is 0 Å². The summed E-state index contributed by atoms with van der Waals surface area (Å²) >= 11 is 0. The number of ether oxygens (including phenoxy) is 1. The van der Waals surface area contributed by atoms with Gasteiger partial charge in [-0.1, -0.05) is 6.07 Å². The van der Waals surface area contributed by atoms with Gasteiger partial charge in [-0.15, -0.1) is 0 Å². The summed E-state index contributed by atoms with van der Waals surface area (Å²) in [5.41, 5.74) is 3.52. The molecular weight excluding hydrogens is 738 g/mol. The number of hydrogen-bond acceptors (Lipinski definition) is 9. The Labute approximate surface area is 325 Å². The average molecular weight is 779 g/mol. The SMILES string of the molecule is CC(=O)N1CCC(NC2CCOCC2)=C(C(=N)N(C)c2ccc(-c3cn(-c4ccc5c(c4)C(=O)N(C4CCC(=O)NC4=O)C5=O)c4ccncc34)c(C(F)F)c2)C1. The Hall–Kier alpha value is -6.29. The zero-order chi connectivity index (χ0) is 40.1. The van der Waals surface area contributed by atoms with Crippen LogP contribution in [-0.4, -0.2) is 100 Å². The summed E-state index contributed by atoms with van der Waals surface area (Å²) in [6.07, 6.45) is 4.10. The normalized spacial score (nSPS) is 19.1. The number of carbonyl (C=O) groups excluding carboxylic acids is 5. The lowest BCUT2D eigenvalue weighted by Gasteiger charge is -2.35. The lowest BCUT2D eigenvalue weighted by molar-refractivity contribution is -0.136. The van der Waals surface area contributed by atoms with Gasteiger partial charge >= 0.3 is 0 Å². The van der Waals surface area contributed by atoms with Crippen molar-refractivity contribution >= 4 is 52.0 Å². The fraction of sp³-hybridized carbons (Fsp3) is 0.341. The zero-order valence-corrected chi connectivity index (χ0v) is 31.3. The highest BCUT2D eigenvalue weighted by atomic mass is 19.3. The van der Waals surface area contributed by atoms with E-state index in [0.717, 1.165) is 23.4 Å². The van der Waals surface area contributed by atoms with E-state index >= 15 is 8.78 Å². The number of nitrogens with one attached hydrogen (secondary N) is 3. The molecule has 4 aliphatic heterocycles. The van der Waals surface area contributed by atoms with Crippen molar-refractivity contribution in [1.82, 2.24) is 30.0 Å². The molecule has 1 unspecified atom stereocenters. The Balaban J connectivity index is 1.12. The van der Waals surface area contributed by atoms with E-state index in [1.807, 2.05) is 0 Å². The van der Waals surface area contributed by atoms with E-state index in [2.05, 4.69) is 15.6 Å². The zero-order valence-electron chi connectivity index (χ0n) is 31.3. The summed E-state index contributed by atoms with van der Waals surface area (Å²) < 4.78 is 37.4. The number of carbonyl (C=O) groups is 5. The van der Waals surface area contributed by atoms with E-state index in [-0.39, 0.29) is 59.4 Å². The van der Waals surface area contributed by atoms with Crippen LogP contribution in [0.2, 0.25) is 0 Å². The molecule has 4 aromatic rings. The van der Waals surface area contributed by atoms with Crippen molar-refractivity contribution in [1.29, 1.82) is 5.41 Å². The molecule has 0 saturated carbocycles. The first-order chi connectivity index (χ1) is 27.4. The maximum atomic E-state index is 15.1. The third-order valence-corrected chi connectivity index (χ3v) is 11.3. The van der Waals surface area contributed by atoms with Crippen molar-refractivity contribution < 1.29 is 37.5 Å². The molecule has 294 valence electrons. The minimum atomic E-state index is -2.90. The molecule has 0 aliphatic carbocycles. The van der Waals surface area contributed by atoms with Gasteiger partial charge < -0.3 is 24.4 Å². The number of benzene rings is 2. The van der Waals surface area contributed by atoms with Crippen molar-refractivity contribution in [2.45, 2.75) is 57.5 Å². The number of aromatic nitrogens is 2. The predicted octanol–water partition coefficient (Wildman–Crippen LogP) is 4.72. The van der Waals surface area contributed by atoms with Crippen LogP contribution in [-0.2, 0) is 19.1 Å². The lowest BCUT2D eigenvalue weighted by Crippen LogP contribution is -2.54. The molecule has 14 nitrogen and oxygen atoms in total. The van der Waals surface area contributed by atoms with Gasteiger partial charge in [0.2, 0.25) is 17.7 Å². The number of amides is 5. The number of likely N-dealkylation sites (N-methyl/N-ethyl adjacent to an activating group) is 1. The second kappa shape index (κ2) is 15.0. The van der Waals surface area contributed by atoms with Gasteiger partial charge in [0.25, 0.3) is 18.2 Å². The highest BCUT2D eigenvalue weighted by Crippen LogP contribution is 2.40. The second-order valence-electron chi connectivity index (χ2n) is 14.6. The van der Waals surface area contributed by atoms with Gasteiger partial charge in [0.15, 0.2) is 0 Å². The predicted molar refractivity (Wildman–Crippen MR) is 205 cm³/mol. The lowest BCUT2D eigenvalue weighted by atomic mass is 9.98. The van der Waals surface area contributed by atoms with Crippen LogP contribution in [0.25, 0.3) is 27.7 Å². The van der Waals surface area contributed by atoms with Crippen LogP contribution in [0.15, 0.2) is 72.3 Å². The average Bonchev–Trinajstić information content (AvgIpc) is 3.71. The van der Waals surface area contributed by atoms with Gasteiger partial charge in [-0.05, 0) is 61.2 Å². The molecule has 57 heavy (non-hydrogen) atoms. The molecule has 3 N–H and O–H groups in total. The van der Waals surface area contributed by atoms with Crippen LogP contribution < -0.4 is 15.5 Å². The Bertz CT molecular complexity index is 2400. The van der Waals surface area contributed by atoms with E-state index in [1.165, 1.54) is 25.1 Å². The smallest absolute Gasteiger partial charge is 0.264 e. The molecule has 0 spiro atoms. The summed E-state index contributed by atoms with van der Waals surface area (Å²) in [4.78, 5) is 72.0. The maximum absolute atomic E-state index is 15.1. The highest BCUT2D eigenvalue weighted by Gasteiger charge is 2.44. The first-order valence-electron chi connectivity index (χ1n) is 18.8. The fourth-order valence-electron chi connectivity index (χ4n) is 8.12. The molecule has 0 bridgehead atoms. The van der Waals surface area contributed by atoms with E-state index < -0.39 is 36.1 Å². The van der Waals surface area contributed by atoms with Crippen molar-refractivity contribution in [2.24, 2.45) is 0 Å². The third-order valence-electron chi connectivity index (χ3n) is 11.3. The number of rotatable bonds is 8. The summed E-state index contributed by atoms with van der Waals surface area (Å²) in [7, 11) is 1.65. The quantitative estimate of drug-likeness (QED) is 0.130. The van der Waals surface area contributed by atoms with E-state index in [4.69, 9.17) is 4.74 Å². The first-order valence-corrected chi connectivity index (χ1v) is 18.8. The van der Waals surface area contributed by atoms with Gasteiger partial charge in [0.1, 0.15) is 11.9 Å². The summed E-state index contributed by atoms with van der Waals surface area (Å²) in [6, 6.07) is 10.1. The summed E-state index contributed by atoms with van der Waals surface area (Å²) in [5, 5.41) is 15.6. The van der Waals surface area contributed by atoms with E-state index in [9.17, 15) is 29.4 Å². The van der Waals surface area contributed by atoms with Crippen molar-refractivity contribution in [2.75, 3.05) is 38.3 Å². The topological polar surface area (TPSA) is 170 Å². The molecule has 4 aliphatic rings. The monoisotopic (exact) mass is 778 g/mol. The number of amidine groups is 1. The number of anilines is 1. The molecule has 5 amide bonds. The minimum absolute atomic E-state index is 0.00509. The molecule has 2 saturated heterocycles. The first kappa shape index (κ1) is 37.6. The van der Waals surface area contributed by atoms with Gasteiger partial charge in [-0.2, -0.15) is 0 Å². The minimum Gasteiger partial charge on any atom is -0.385 e. The highest BCUT2D eigenvalue weighted by molar-refractivity contribution is 6.23. The third kappa shape index (κ3) is 6.83. The van der Waals surface area contributed by atoms with Crippen LogP contribution in [0.4, 0.5) is 14.5 Å². The molecule has 2 aromatic heterocycles. The van der Waals surface area contributed by atoms with Crippen molar-refractivity contribution in [3.05, 3.63) is 89.0 Å². The molecule has 2 aromatic carbocycles. The summed E-state index contributed by atoms with van der Waals surface area (Å²) in [5.74, 6) is -2.51. The second-order valence-corrected chi connectivity index (χ2v) is 14.6. The van der Waals surface area contributed by atoms with Gasteiger partial charge in [0, 0.05) is 110 Å². The summed E-state index contributed by atoms with van der Waals surface area (Å²) in [6.45, 7) is 3.48. The van der Waals surface area contributed by atoms with Crippen LogP contribution >= 0.6 is 0 Å². The number of halogens is 2. The molecule has 2 fully saturated rings. The molecule has 8 rings (SSSR count). The van der Waals surface area contributed by atoms with Crippen LogP contribution in [0, 0.1) is 5.41 Å². The molecule has 0 radical (unpaired) electrons. The van der Waals surface area contributed by atoms with Crippen LogP contribution in [0.5, 0.6) is 0 Å². The fourth-order valence-corrected chi connectivity index (χ4v) is 8.12. The number of imide groups is 2. The standard InChI is InChI=1S/C41H40F2N8O6/c1-22(52)49-14-10-33(46-23-11-15-57-16-12-23)32(20-49)38(44)48(2)24-3-5-26(28(17-24)37(42)43)31-21-50(34-9-13-45-19-30(31)34)25-4-6-27-29(18-25)41(56)51(40(27)55)35-7-8-36(53)47-39(35)54/h3-6,9,13,17-19,21,23,35,37,44,46H,7-8,10-12,14-16,20H2,1-2H3,(H,47,53,54). The van der Waals surface area contributed by atoms with Crippen LogP contribution in [0.1, 0.15) is 71.7 Å². The van der Waals surface area contributed by atoms with Crippen molar-refractivity contribution in [3.8, 4) is 16.8 Å². The number of pyridine rings is 1. The number of piperidine rings is 1. The Morgan fingerprint density at radius 3 is 2.47 bits per heavy atom. The molecule has 1 atom stereocenters. The number of hydrogen-bond donors (Lipinski definition) is 3. The number of fused-ring (bicyclic) bond motifs is 2. The number of nitrogens with zero attached hydrogens (tertiary/aromatic N) is 5. The van der Waals surface area contributed by atoms with E-state index in [0.29, 0.717) is 59.6 Å². The Morgan fingerprint density at radius 2 is 1.74 bits per heavy atom.